The summed E-state index contributed by atoms with van der Waals surface area (Å²) >= 11 is 0. The molecule has 11 heavy (non-hydrogen) atoms. The van der Waals surface area contributed by atoms with Gasteiger partial charge in [-0.1, -0.05) is 36.5 Å². The maximum absolute atomic E-state index is 2.28. The van der Waals surface area contributed by atoms with Crippen LogP contribution in [0.5, 0.6) is 0 Å². The van der Waals surface area contributed by atoms with Gasteiger partial charge in [-0.25, -0.2) is 0 Å². The van der Waals surface area contributed by atoms with Crippen molar-refractivity contribution in [2.24, 2.45) is 0 Å². The standard InChI is InChI=1S/C11H16/c1-2-4-6-8-10-11-9-7-5-3-1/h1-2,5-8H,3-4,9-11H2/b2-1-,7-5-,8-6?. The molecule has 0 nitrogen and oxygen atoms in total. The van der Waals surface area contributed by atoms with Gasteiger partial charge in [0.15, 0.2) is 0 Å². The smallest absolute Gasteiger partial charge is 0.0169 e. The fourth-order valence-corrected chi connectivity index (χ4v) is 1.13. The molecule has 0 heterocycles. The highest BCUT2D eigenvalue weighted by atomic mass is 13.9. The first-order valence-corrected chi connectivity index (χ1v) is 4.45. The minimum absolute atomic E-state index is 1.10. The molecule has 0 heteroatoms. The summed E-state index contributed by atoms with van der Waals surface area (Å²) in [6, 6.07) is 0. The molecule has 0 radical (unpaired) electrons. The van der Waals surface area contributed by atoms with Crippen LogP contribution in [0.15, 0.2) is 36.5 Å². The lowest BCUT2D eigenvalue weighted by Crippen LogP contribution is -1.67. The molecule has 1 aliphatic carbocycles. The Morgan fingerprint density at radius 1 is 0.545 bits per heavy atom. The molecule has 0 unspecified atom stereocenters. The quantitative estimate of drug-likeness (QED) is 0.460. The second-order valence-electron chi connectivity index (χ2n) is 2.82. The summed E-state index contributed by atoms with van der Waals surface area (Å²) in [6.07, 6.45) is 19.5. The van der Waals surface area contributed by atoms with Crippen molar-refractivity contribution < 1.29 is 0 Å². The lowest BCUT2D eigenvalue weighted by atomic mass is 10.2. The van der Waals surface area contributed by atoms with E-state index in [4.69, 9.17) is 0 Å². The van der Waals surface area contributed by atoms with Crippen molar-refractivity contribution >= 4 is 0 Å². The number of rotatable bonds is 0. The zero-order valence-corrected chi connectivity index (χ0v) is 7.00. The van der Waals surface area contributed by atoms with E-state index < -0.39 is 0 Å². The fraction of sp³-hybridized carbons (Fsp3) is 0.455. The fourth-order valence-electron chi connectivity index (χ4n) is 1.13. The van der Waals surface area contributed by atoms with Crippen LogP contribution in [0.1, 0.15) is 32.1 Å². The Labute approximate surface area is 69.3 Å². The summed E-state index contributed by atoms with van der Waals surface area (Å²) in [4.78, 5) is 0. The van der Waals surface area contributed by atoms with Crippen LogP contribution in [0.3, 0.4) is 0 Å². The Morgan fingerprint density at radius 2 is 1.00 bits per heavy atom. The van der Waals surface area contributed by atoms with E-state index in [1.807, 2.05) is 0 Å². The Kier molecular flexibility index (Phi) is 4.51. The van der Waals surface area contributed by atoms with Crippen LogP contribution in [0, 0.1) is 0 Å². The Hall–Kier alpha value is -0.780. The first-order valence-electron chi connectivity index (χ1n) is 4.45. The number of allylic oxidation sites excluding steroid dienone is 6. The van der Waals surface area contributed by atoms with E-state index in [1.165, 1.54) is 19.3 Å². The van der Waals surface area contributed by atoms with Crippen molar-refractivity contribution in [1.82, 2.24) is 0 Å². The summed E-state index contributed by atoms with van der Waals surface area (Å²) in [5.74, 6) is 0. The third-order valence-corrected chi connectivity index (χ3v) is 1.79. The van der Waals surface area contributed by atoms with Crippen molar-refractivity contribution in [3.63, 3.8) is 0 Å². The lowest BCUT2D eigenvalue weighted by molar-refractivity contribution is 0.865. The molecule has 0 spiro atoms. The monoisotopic (exact) mass is 148 g/mol. The van der Waals surface area contributed by atoms with Crippen molar-refractivity contribution in [2.75, 3.05) is 0 Å². The first-order chi connectivity index (χ1) is 5.50. The maximum Gasteiger partial charge on any atom is -0.0169 e. The van der Waals surface area contributed by atoms with E-state index in [2.05, 4.69) is 36.5 Å². The van der Waals surface area contributed by atoms with Crippen LogP contribution in [0.4, 0.5) is 0 Å². The number of hydrogen-bond donors (Lipinski definition) is 0. The number of hydrogen-bond acceptors (Lipinski definition) is 0. The average Bonchev–Trinajstić information content (AvgIpc) is 2.08. The predicted octanol–water partition coefficient (Wildman–Crippen LogP) is 3.62. The van der Waals surface area contributed by atoms with E-state index in [0.29, 0.717) is 0 Å². The summed E-state index contributed by atoms with van der Waals surface area (Å²) < 4.78 is 0. The van der Waals surface area contributed by atoms with Crippen LogP contribution >= 0.6 is 0 Å². The molecule has 0 saturated carbocycles. The normalized spacial score (nSPS) is 25.5. The van der Waals surface area contributed by atoms with Gasteiger partial charge in [-0.3, -0.25) is 0 Å². The molecule has 0 bridgehead atoms. The van der Waals surface area contributed by atoms with Gasteiger partial charge < -0.3 is 0 Å². The van der Waals surface area contributed by atoms with Gasteiger partial charge in [-0.2, -0.15) is 0 Å². The Balaban J connectivity index is 2.34. The molecule has 1 aliphatic rings. The highest BCUT2D eigenvalue weighted by Crippen LogP contribution is 2.02. The molecule has 0 aromatic rings. The maximum atomic E-state index is 2.28. The van der Waals surface area contributed by atoms with Crippen molar-refractivity contribution in [1.29, 1.82) is 0 Å². The zero-order chi connectivity index (χ0) is 7.78. The van der Waals surface area contributed by atoms with E-state index >= 15 is 0 Å². The Morgan fingerprint density at radius 3 is 1.55 bits per heavy atom. The van der Waals surface area contributed by atoms with E-state index in [0.717, 1.165) is 12.8 Å². The average molecular weight is 148 g/mol. The molecule has 0 atom stereocenters. The molecular formula is C11H16. The van der Waals surface area contributed by atoms with Gasteiger partial charge in [0.05, 0.1) is 0 Å². The second kappa shape index (κ2) is 5.96. The molecule has 0 saturated heterocycles. The zero-order valence-electron chi connectivity index (χ0n) is 7.00. The third kappa shape index (κ3) is 4.60. The highest BCUT2D eigenvalue weighted by Gasteiger charge is 1.81. The minimum Gasteiger partial charge on any atom is -0.0882 e. The largest absolute Gasteiger partial charge is 0.0882 e. The van der Waals surface area contributed by atoms with Crippen molar-refractivity contribution in [3.05, 3.63) is 36.5 Å². The van der Waals surface area contributed by atoms with Crippen molar-refractivity contribution in [3.8, 4) is 0 Å². The van der Waals surface area contributed by atoms with Gasteiger partial charge in [-0.05, 0) is 32.1 Å². The summed E-state index contributed by atoms with van der Waals surface area (Å²) in [6.45, 7) is 0. The minimum atomic E-state index is 1.10. The van der Waals surface area contributed by atoms with Gasteiger partial charge in [0.1, 0.15) is 0 Å². The first kappa shape index (κ1) is 8.32. The van der Waals surface area contributed by atoms with E-state index in [1.54, 1.807) is 0 Å². The predicted molar refractivity (Wildman–Crippen MR) is 50.5 cm³/mol. The molecular weight excluding hydrogens is 132 g/mol. The van der Waals surface area contributed by atoms with E-state index in [9.17, 15) is 0 Å². The summed E-state index contributed by atoms with van der Waals surface area (Å²) in [5.41, 5.74) is 0. The van der Waals surface area contributed by atoms with Crippen LogP contribution in [-0.4, -0.2) is 0 Å². The van der Waals surface area contributed by atoms with Gasteiger partial charge in [-0.15, -0.1) is 0 Å². The topological polar surface area (TPSA) is 0 Å². The molecule has 0 fully saturated rings. The van der Waals surface area contributed by atoms with Gasteiger partial charge in [0.2, 0.25) is 0 Å². The molecule has 0 amide bonds. The second-order valence-corrected chi connectivity index (χ2v) is 2.82. The van der Waals surface area contributed by atoms with Crippen molar-refractivity contribution in [2.45, 2.75) is 32.1 Å². The van der Waals surface area contributed by atoms with Crippen LogP contribution in [0.2, 0.25) is 0 Å². The van der Waals surface area contributed by atoms with E-state index in [-0.39, 0.29) is 0 Å². The summed E-state index contributed by atoms with van der Waals surface area (Å²) in [5, 5.41) is 0. The lowest BCUT2D eigenvalue weighted by Gasteiger charge is -1.88. The SMILES string of the molecule is C1=CCCC/C=C\C/C=C\C1. The third-order valence-electron chi connectivity index (χ3n) is 1.79. The molecule has 0 aromatic heterocycles. The van der Waals surface area contributed by atoms with Gasteiger partial charge >= 0.3 is 0 Å². The van der Waals surface area contributed by atoms with Gasteiger partial charge in [0, 0.05) is 0 Å². The molecule has 60 valence electrons. The highest BCUT2D eigenvalue weighted by molar-refractivity contribution is 4.98. The molecule has 0 aliphatic heterocycles. The van der Waals surface area contributed by atoms with Gasteiger partial charge in [0.25, 0.3) is 0 Å². The Bertz CT molecular complexity index is 143. The van der Waals surface area contributed by atoms with Crippen LogP contribution in [-0.2, 0) is 0 Å². The van der Waals surface area contributed by atoms with Crippen LogP contribution < -0.4 is 0 Å². The van der Waals surface area contributed by atoms with Crippen LogP contribution in [0.25, 0.3) is 0 Å². The molecule has 0 N–H and O–H groups in total. The molecule has 1 rings (SSSR count). The molecule has 0 aromatic carbocycles. The summed E-state index contributed by atoms with van der Waals surface area (Å²) in [7, 11) is 0.